The quantitative estimate of drug-likeness (QED) is 0.403. The standard InChI is InChI=1S/C24H25N3O5/c1-2-31-20-11-5-17(6-12-20)22(28)13-14-23(29)26-18-7-9-19(10-8-18)27-24(30)25-16-21-4-3-15-32-21/h3-12,15H,2,13-14,16H2,1H3,(H,26,29)(H2,25,27,30). The number of anilines is 2. The molecule has 0 unspecified atom stereocenters. The van der Waals surface area contributed by atoms with Crippen LogP contribution in [0.25, 0.3) is 0 Å². The lowest BCUT2D eigenvalue weighted by molar-refractivity contribution is -0.116. The highest BCUT2D eigenvalue weighted by Gasteiger charge is 2.10. The van der Waals surface area contributed by atoms with Gasteiger partial charge in [-0.3, -0.25) is 9.59 Å². The maximum absolute atomic E-state index is 12.3. The molecule has 0 aliphatic rings. The summed E-state index contributed by atoms with van der Waals surface area (Å²) in [7, 11) is 0. The summed E-state index contributed by atoms with van der Waals surface area (Å²) in [5.74, 6) is 0.985. The Bertz CT molecular complexity index is 1030. The maximum atomic E-state index is 12.3. The Balaban J connectivity index is 1.40. The van der Waals surface area contributed by atoms with Crippen molar-refractivity contribution in [1.29, 1.82) is 0 Å². The number of nitrogens with one attached hydrogen (secondary N) is 3. The van der Waals surface area contributed by atoms with E-state index in [1.54, 1.807) is 60.7 Å². The van der Waals surface area contributed by atoms with E-state index in [-0.39, 0.29) is 37.1 Å². The monoisotopic (exact) mass is 435 g/mol. The van der Waals surface area contributed by atoms with E-state index in [9.17, 15) is 14.4 Å². The van der Waals surface area contributed by atoms with Gasteiger partial charge in [0, 0.05) is 29.8 Å². The van der Waals surface area contributed by atoms with Crippen molar-refractivity contribution in [3.63, 3.8) is 0 Å². The first-order valence-electron chi connectivity index (χ1n) is 10.3. The fourth-order valence-electron chi connectivity index (χ4n) is 2.89. The van der Waals surface area contributed by atoms with E-state index in [0.717, 1.165) is 0 Å². The van der Waals surface area contributed by atoms with Crippen molar-refractivity contribution >= 4 is 29.1 Å². The Hall–Kier alpha value is -4.07. The van der Waals surface area contributed by atoms with Crippen LogP contribution in [0.5, 0.6) is 5.75 Å². The van der Waals surface area contributed by atoms with Gasteiger partial charge < -0.3 is 25.1 Å². The molecule has 2 aromatic carbocycles. The molecular formula is C24H25N3O5. The van der Waals surface area contributed by atoms with Crippen LogP contribution in [0.15, 0.2) is 71.3 Å². The molecule has 0 radical (unpaired) electrons. The highest BCUT2D eigenvalue weighted by atomic mass is 16.5. The van der Waals surface area contributed by atoms with Crippen molar-refractivity contribution in [2.45, 2.75) is 26.3 Å². The molecule has 1 heterocycles. The summed E-state index contributed by atoms with van der Waals surface area (Å²) >= 11 is 0. The normalized spacial score (nSPS) is 10.3. The van der Waals surface area contributed by atoms with Crippen molar-refractivity contribution in [1.82, 2.24) is 5.32 Å². The second-order valence-electron chi connectivity index (χ2n) is 6.89. The summed E-state index contributed by atoms with van der Waals surface area (Å²) in [6.07, 6.45) is 1.72. The second kappa shape index (κ2) is 11.4. The van der Waals surface area contributed by atoms with Crippen molar-refractivity contribution < 1.29 is 23.5 Å². The van der Waals surface area contributed by atoms with Gasteiger partial charge in [0.1, 0.15) is 11.5 Å². The molecule has 3 aromatic rings. The Morgan fingerprint density at radius 2 is 1.56 bits per heavy atom. The molecule has 0 bridgehead atoms. The number of carbonyl (C=O) groups is 3. The van der Waals surface area contributed by atoms with E-state index in [0.29, 0.717) is 35.1 Å². The first-order valence-corrected chi connectivity index (χ1v) is 10.3. The summed E-state index contributed by atoms with van der Waals surface area (Å²) in [6, 6.07) is 16.7. The fourth-order valence-corrected chi connectivity index (χ4v) is 2.89. The maximum Gasteiger partial charge on any atom is 0.319 e. The van der Waals surface area contributed by atoms with Gasteiger partial charge in [0.25, 0.3) is 0 Å². The van der Waals surface area contributed by atoms with Gasteiger partial charge in [0.15, 0.2) is 5.78 Å². The first kappa shape index (κ1) is 22.6. The lowest BCUT2D eigenvalue weighted by Crippen LogP contribution is -2.27. The first-order chi connectivity index (χ1) is 15.5. The predicted molar refractivity (Wildman–Crippen MR) is 121 cm³/mol. The van der Waals surface area contributed by atoms with Crippen molar-refractivity contribution in [3.8, 4) is 5.75 Å². The number of ether oxygens (including phenoxy) is 1. The number of carbonyl (C=O) groups excluding carboxylic acids is 3. The van der Waals surface area contributed by atoms with E-state index in [1.165, 1.54) is 6.26 Å². The molecular weight excluding hydrogens is 410 g/mol. The van der Waals surface area contributed by atoms with Crippen molar-refractivity contribution in [2.24, 2.45) is 0 Å². The number of rotatable bonds is 10. The molecule has 3 N–H and O–H groups in total. The van der Waals surface area contributed by atoms with E-state index in [1.807, 2.05) is 6.92 Å². The molecule has 0 fully saturated rings. The van der Waals surface area contributed by atoms with Gasteiger partial charge in [-0.25, -0.2) is 4.79 Å². The van der Waals surface area contributed by atoms with Crippen molar-refractivity contribution in [2.75, 3.05) is 17.2 Å². The number of ketones is 1. The molecule has 3 amide bonds. The number of furan rings is 1. The van der Waals surface area contributed by atoms with E-state index in [2.05, 4.69) is 16.0 Å². The molecule has 32 heavy (non-hydrogen) atoms. The highest BCUT2D eigenvalue weighted by molar-refractivity contribution is 6.00. The topological polar surface area (TPSA) is 110 Å². The van der Waals surface area contributed by atoms with Crippen LogP contribution in [0.1, 0.15) is 35.9 Å². The van der Waals surface area contributed by atoms with E-state index >= 15 is 0 Å². The predicted octanol–water partition coefficient (Wildman–Crippen LogP) is 4.60. The summed E-state index contributed by atoms with van der Waals surface area (Å²) in [5, 5.41) is 8.12. The van der Waals surface area contributed by atoms with Crippen LogP contribution < -0.4 is 20.7 Å². The van der Waals surface area contributed by atoms with Crippen LogP contribution >= 0.6 is 0 Å². The molecule has 1 aromatic heterocycles. The summed E-state index contributed by atoms with van der Waals surface area (Å²) < 4.78 is 10.5. The third-order valence-corrected chi connectivity index (χ3v) is 4.50. The Kier molecular flexibility index (Phi) is 8.02. The Morgan fingerprint density at radius 1 is 0.875 bits per heavy atom. The Labute approximate surface area is 186 Å². The fraction of sp³-hybridized carbons (Fsp3) is 0.208. The molecule has 8 heteroatoms. The van der Waals surface area contributed by atoms with Gasteiger partial charge >= 0.3 is 6.03 Å². The molecule has 0 spiro atoms. The van der Waals surface area contributed by atoms with Crippen LogP contribution in [-0.2, 0) is 11.3 Å². The number of Topliss-reactive ketones (excluding diaryl/α,β-unsaturated/α-hetero) is 1. The molecule has 166 valence electrons. The molecule has 8 nitrogen and oxygen atoms in total. The largest absolute Gasteiger partial charge is 0.494 e. The molecule has 0 atom stereocenters. The zero-order chi connectivity index (χ0) is 22.8. The number of benzene rings is 2. The lowest BCUT2D eigenvalue weighted by atomic mass is 10.1. The zero-order valence-electron chi connectivity index (χ0n) is 17.7. The van der Waals surface area contributed by atoms with Crippen LogP contribution in [0.2, 0.25) is 0 Å². The second-order valence-corrected chi connectivity index (χ2v) is 6.89. The van der Waals surface area contributed by atoms with Gasteiger partial charge in [-0.2, -0.15) is 0 Å². The van der Waals surface area contributed by atoms with Crippen molar-refractivity contribution in [3.05, 3.63) is 78.3 Å². The number of amides is 3. The average molecular weight is 435 g/mol. The van der Waals surface area contributed by atoms with Gasteiger partial charge in [-0.15, -0.1) is 0 Å². The van der Waals surface area contributed by atoms with Gasteiger partial charge in [0.05, 0.1) is 19.4 Å². The minimum atomic E-state index is -0.369. The number of hydrogen-bond acceptors (Lipinski definition) is 5. The molecule has 0 aliphatic heterocycles. The average Bonchev–Trinajstić information content (AvgIpc) is 3.32. The third-order valence-electron chi connectivity index (χ3n) is 4.50. The smallest absolute Gasteiger partial charge is 0.319 e. The summed E-state index contributed by atoms with van der Waals surface area (Å²) in [4.78, 5) is 36.4. The number of hydrogen-bond donors (Lipinski definition) is 3. The SMILES string of the molecule is CCOc1ccc(C(=O)CCC(=O)Nc2ccc(NC(=O)NCc3ccco3)cc2)cc1. The number of urea groups is 1. The molecule has 3 rings (SSSR count). The summed E-state index contributed by atoms with van der Waals surface area (Å²) in [6.45, 7) is 2.73. The highest BCUT2D eigenvalue weighted by Crippen LogP contribution is 2.16. The molecule has 0 saturated carbocycles. The van der Waals surface area contributed by atoms with E-state index in [4.69, 9.17) is 9.15 Å². The van der Waals surface area contributed by atoms with Crippen LogP contribution in [0, 0.1) is 0 Å². The van der Waals surface area contributed by atoms with Crippen LogP contribution in [0.3, 0.4) is 0 Å². The van der Waals surface area contributed by atoms with E-state index < -0.39 is 0 Å². The van der Waals surface area contributed by atoms with Gasteiger partial charge in [-0.1, -0.05) is 0 Å². The minimum Gasteiger partial charge on any atom is -0.494 e. The lowest BCUT2D eigenvalue weighted by Gasteiger charge is -2.09. The Morgan fingerprint density at radius 3 is 2.19 bits per heavy atom. The van der Waals surface area contributed by atoms with Crippen LogP contribution in [0.4, 0.5) is 16.2 Å². The summed E-state index contributed by atoms with van der Waals surface area (Å²) in [5.41, 5.74) is 1.69. The minimum absolute atomic E-state index is 0.0707. The van der Waals surface area contributed by atoms with Crippen LogP contribution in [-0.4, -0.2) is 24.3 Å². The third kappa shape index (κ3) is 7.02. The molecule has 0 saturated heterocycles. The van der Waals surface area contributed by atoms with Gasteiger partial charge in [-0.05, 0) is 67.6 Å². The molecule has 0 aliphatic carbocycles. The zero-order valence-corrected chi connectivity index (χ0v) is 17.7. The van der Waals surface area contributed by atoms with Gasteiger partial charge in [0.2, 0.25) is 5.91 Å².